The van der Waals surface area contributed by atoms with Gasteiger partial charge in [0.25, 0.3) is 0 Å². The fourth-order valence-corrected chi connectivity index (χ4v) is 2.61. The summed E-state index contributed by atoms with van der Waals surface area (Å²) in [6.45, 7) is 11.4. The molecule has 0 amide bonds. The van der Waals surface area contributed by atoms with E-state index in [1.165, 1.54) is 0 Å². The lowest BCUT2D eigenvalue weighted by molar-refractivity contribution is -0.0213. The van der Waals surface area contributed by atoms with Crippen LogP contribution in [-0.4, -0.2) is 98.7 Å². The molecule has 4 N–H and O–H groups in total. The Bertz CT molecular complexity index is 339. The smallest absolute Gasteiger partial charge is 0.0900 e. The van der Waals surface area contributed by atoms with Crippen LogP contribution in [0, 0.1) is 5.41 Å². The zero-order valence-electron chi connectivity index (χ0n) is 18.7. The van der Waals surface area contributed by atoms with Crippen molar-refractivity contribution in [1.82, 2.24) is 10.2 Å². The van der Waals surface area contributed by atoms with E-state index in [4.69, 9.17) is 14.6 Å². The van der Waals surface area contributed by atoms with Crippen LogP contribution in [0.1, 0.15) is 52.9 Å². The zero-order valence-corrected chi connectivity index (χ0v) is 18.7. The van der Waals surface area contributed by atoms with Gasteiger partial charge in [-0.2, -0.15) is 0 Å². The lowest BCUT2D eigenvalue weighted by atomic mass is 9.90. The minimum Gasteiger partial charge on any atom is -0.395 e. The van der Waals surface area contributed by atoms with Crippen LogP contribution in [0.2, 0.25) is 0 Å². The van der Waals surface area contributed by atoms with Gasteiger partial charge in [-0.25, -0.2) is 0 Å². The number of nitrogens with zero attached hydrogens (tertiary/aromatic N) is 1. The third-order valence-electron chi connectivity index (χ3n) is 4.62. The van der Waals surface area contributed by atoms with E-state index in [2.05, 4.69) is 10.2 Å². The molecule has 7 heteroatoms. The van der Waals surface area contributed by atoms with Crippen LogP contribution in [0.15, 0.2) is 0 Å². The molecule has 0 bridgehead atoms. The first-order chi connectivity index (χ1) is 13.3. The summed E-state index contributed by atoms with van der Waals surface area (Å²) in [5.74, 6) is 0. The molecular weight excluding hydrogens is 360 g/mol. The largest absolute Gasteiger partial charge is 0.395 e. The molecule has 0 aromatic carbocycles. The highest BCUT2D eigenvalue weighted by atomic mass is 16.5. The fraction of sp³-hybridized carbons (Fsp3) is 1.00. The maximum Gasteiger partial charge on any atom is 0.0900 e. The molecule has 0 radical (unpaired) electrons. The third-order valence-corrected chi connectivity index (χ3v) is 4.62. The highest BCUT2D eigenvalue weighted by Gasteiger charge is 2.21. The number of aliphatic hydroxyl groups is 3. The van der Waals surface area contributed by atoms with E-state index in [1.807, 2.05) is 27.8 Å². The molecule has 0 aliphatic carbocycles. The molecule has 2 atom stereocenters. The first-order valence-electron chi connectivity index (χ1n) is 10.8. The molecule has 0 aliphatic rings. The van der Waals surface area contributed by atoms with E-state index in [0.29, 0.717) is 39.5 Å². The Labute approximate surface area is 172 Å². The van der Waals surface area contributed by atoms with Crippen LogP contribution < -0.4 is 5.32 Å². The van der Waals surface area contributed by atoms with Crippen LogP contribution in [-0.2, 0) is 9.47 Å². The van der Waals surface area contributed by atoms with Gasteiger partial charge >= 0.3 is 0 Å². The van der Waals surface area contributed by atoms with Gasteiger partial charge in [0, 0.05) is 26.3 Å². The van der Waals surface area contributed by atoms with Crippen molar-refractivity contribution in [3.05, 3.63) is 0 Å². The molecule has 0 spiro atoms. The van der Waals surface area contributed by atoms with Gasteiger partial charge in [-0.05, 0) is 44.8 Å². The lowest BCUT2D eigenvalue weighted by Crippen LogP contribution is -2.34. The van der Waals surface area contributed by atoms with Crippen LogP contribution in [0.25, 0.3) is 0 Å². The normalized spacial score (nSPS) is 14.6. The van der Waals surface area contributed by atoms with E-state index in [1.54, 1.807) is 0 Å². The average Bonchev–Trinajstić information content (AvgIpc) is 2.62. The number of hydrogen-bond acceptors (Lipinski definition) is 7. The van der Waals surface area contributed by atoms with E-state index in [-0.39, 0.29) is 12.0 Å². The Morgan fingerprint density at radius 2 is 1.50 bits per heavy atom. The van der Waals surface area contributed by atoms with Crippen molar-refractivity contribution < 1.29 is 24.8 Å². The molecule has 170 valence electrons. The number of hydrogen-bond donors (Lipinski definition) is 4. The van der Waals surface area contributed by atoms with Crippen molar-refractivity contribution in [2.75, 3.05) is 66.3 Å². The maximum atomic E-state index is 10.0. The summed E-state index contributed by atoms with van der Waals surface area (Å²) >= 11 is 0. The maximum absolute atomic E-state index is 10.0. The third kappa shape index (κ3) is 17.8. The summed E-state index contributed by atoms with van der Waals surface area (Å²) in [5.41, 5.74) is -0.131. The van der Waals surface area contributed by atoms with Gasteiger partial charge in [0.2, 0.25) is 0 Å². The quantitative estimate of drug-likeness (QED) is 0.240. The number of unbranched alkanes of at least 4 members (excludes halogenated alkanes) is 3. The van der Waals surface area contributed by atoms with Gasteiger partial charge in [-0.1, -0.05) is 33.6 Å². The molecule has 0 heterocycles. The van der Waals surface area contributed by atoms with Crippen molar-refractivity contribution in [2.45, 2.75) is 65.1 Å². The highest BCUT2D eigenvalue weighted by Crippen LogP contribution is 2.19. The van der Waals surface area contributed by atoms with Crippen molar-refractivity contribution in [3.63, 3.8) is 0 Å². The molecule has 2 unspecified atom stereocenters. The van der Waals surface area contributed by atoms with E-state index in [9.17, 15) is 10.2 Å². The highest BCUT2D eigenvalue weighted by molar-refractivity contribution is 4.71. The monoisotopic (exact) mass is 406 g/mol. The second-order valence-corrected chi connectivity index (χ2v) is 8.69. The van der Waals surface area contributed by atoms with Gasteiger partial charge in [-0.3, -0.25) is 0 Å². The standard InChI is InChI=1S/C21H46N2O5/c1-21(2,3)20(26)18-28-15-8-6-5-7-14-27-17-19(25)16-23(4)12-9-10-22-11-13-24/h19-20,22,24-26H,5-18H2,1-4H3. The number of nitrogens with one attached hydrogen (secondary N) is 1. The number of ether oxygens (including phenoxy) is 2. The predicted octanol–water partition coefficient (Wildman–Crippen LogP) is 1.25. The van der Waals surface area contributed by atoms with Gasteiger partial charge in [-0.15, -0.1) is 0 Å². The first kappa shape index (κ1) is 27.7. The van der Waals surface area contributed by atoms with Crippen LogP contribution in [0.5, 0.6) is 0 Å². The Balaban J connectivity index is 3.39. The lowest BCUT2D eigenvalue weighted by Gasteiger charge is -2.25. The molecule has 0 aliphatic heterocycles. The second-order valence-electron chi connectivity index (χ2n) is 8.69. The second kappa shape index (κ2) is 17.6. The van der Waals surface area contributed by atoms with Gasteiger partial charge < -0.3 is 35.0 Å². The fourth-order valence-electron chi connectivity index (χ4n) is 2.61. The first-order valence-corrected chi connectivity index (χ1v) is 10.8. The molecule has 0 fully saturated rings. The Hall–Kier alpha value is -0.280. The molecule has 0 saturated carbocycles. The Kier molecular flexibility index (Phi) is 17.4. The summed E-state index contributed by atoms with van der Waals surface area (Å²) in [6.07, 6.45) is 4.27. The van der Waals surface area contributed by atoms with Gasteiger partial charge in [0.15, 0.2) is 0 Å². The minimum absolute atomic E-state index is 0.131. The Morgan fingerprint density at radius 1 is 0.893 bits per heavy atom. The van der Waals surface area contributed by atoms with Crippen LogP contribution in [0.3, 0.4) is 0 Å². The molecule has 28 heavy (non-hydrogen) atoms. The number of likely N-dealkylation sites (N-methyl/N-ethyl adjacent to an activating group) is 1. The molecule has 7 nitrogen and oxygen atoms in total. The van der Waals surface area contributed by atoms with Crippen molar-refractivity contribution in [3.8, 4) is 0 Å². The molecule has 0 aromatic rings. The molecule has 0 aromatic heterocycles. The molecule has 0 rings (SSSR count). The summed E-state index contributed by atoms with van der Waals surface area (Å²) in [6, 6.07) is 0. The number of rotatable bonds is 19. The summed E-state index contributed by atoms with van der Waals surface area (Å²) < 4.78 is 11.1. The topological polar surface area (TPSA) is 94.4 Å². The minimum atomic E-state index is -0.460. The molecular formula is C21H46N2O5. The van der Waals surface area contributed by atoms with Gasteiger partial charge in [0.1, 0.15) is 0 Å². The summed E-state index contributed by atoms with van der Waals surface area (Å²) in [4.78, 5) is 2.10. The summed E-state index contributed by atoms with van der Waals surface area (Å²) in [5, 5.41) is 31.7. The zero-order chi connectivity index (χ0) is 21.3. The van der Waals surface area contributed by atoms with E-state index < -0.39 is 12.2 Å². The Morgan fingerprint density at radius 3 is 2.07 bits per heavy atom. The van der Waals surface area contributed by atoms with Crippen molar-refractivity contribution in [2.24, 2.45) is 5.41 Å². The van der Waals surface area contributed by atoms with Crippen molar-refractivity contribution >= 4 is 0 Å². The number of aliphatic hydroxyl groups excluding tert-OH is 3. The SMILES string of the molecule is CN(CCCNCCO)CC(O)COCCCCCCOCC(O)C(C)(C)C. The predicted molar refractivity (Wildman–Crippen MR) is 114 cm³/mol. The van der Waals surface area contributed by atoms with E-state index >= 15 is 0 Å². The average molecular weight is 407 g/mol. The van der Waals surface area contributed by atoms with Crippen LogP contribution in [0.4, 0.5) is 0 Å². The van der Waals surface area contributed by atoms with Gasteiger partial charge in [0.05, 0.1) is 32.0 Å². The molecule has 0 saturated heterocycles. The van der Waals surface area contributed by atoms with E-state index in [0.717, 1.165) is 45.2 Å². The van der Waals surface area contributed by atoms with Crippen LogP contribution >= 0.6 is 0 Å². The van der Waals surface area contributed by atoms with Crippen molar-refractivity contribution in [1.29, 1.82) is 0 Å². The summed E-state index contributed by atoms with van der Waals surface area (Å²) in [7, 11) is 2.00.